The van der Waals surface area contributed by atoms with Gasteiger partial charge in [0.2, 0.25) is 0 Å². The highest BCUT2D eigenvalue weighted by Crippen LogP contribution is 2.38. The summed E-state index contributed by atoms with van der Waals surface area (Å²) < 4.78 is 16.1. The largest absolute Gasteiger partial charge is 0.496 e. The van der Waals surface area contributed by atoms with Gasteiger partial charge in [-0.3, -0.25) is 0 Å². The Bertz CT molecular complexity index is 629. The molecule has 0 spiro atoms. The van der Waals surface area contributed by atoms with Crippen molar-refractivity contribution in [1.29, 1.82) is 0 Å². The fourth-order valence-corrected chi connectivity index (χ4v) is 2.68. The third-order valence-corrected chi connectivity index (χ3v) is 3.80. The van der Waals surface area contributed by atoms with Crippen LogP contribution < -0.4 is 9.47 Å². The number of hydrogen-bond donors (Lipinski definition) is 1. The molecule has 1 unspecified atom stereocenters. The molecule has 2 aromatic carbocycles. The SMILES string of the molecule is COc1cccc(OC)c1C(O)c1ccc2c(c1)COC2. The topological polar surface area (TPSA) is 47.9 Å². The molecule has 1 heterocycles. The van der Waals surface area contributed by atoms with Gasteiger partial charge >= 0.3 is 0 Å². The lowest BCUT2D eigenvalue weighted by Gasteiger charge is -2.19. The van der Waals surface area contributed by atoms with E-state index in [1.54, 1.807) is 14.2 Å². The van der Waals surface area contributed by atoms with Gasteiger partial charge in [-0.1, -0.05) is 24.3 Å². The second-order valence-electron chi connectivity index (χ2n) is 5.00. The van der Waals surface area contributed by atoms with Crippen molar-refractivity contribution in [2.24, 2.45) is 0 Å². The molecule has 1 aliphatic heterocycles. The average Bonchev–Trinajstić information content (AvgIpc) is 3.00. The molecule has 110 valence electrons. The summed E-state index contributed by atoms with van der Waals surface area (Å²) in [7, 11) is 3.17. The minimum Gasteiger partial charge on any atom is -0.496 e. The zero-order chi connectivity index (χ0) is 14.8. The minimum absolute atomic E-state index is 0.596. The predicted molar refractivity (Wildman–Crippen MR) is 78.5 cm³/mol. The van der Waals surface area contributed by atoms with E-state index in [-0.39, 0.29) is 0 Å². The Morgan fingerprint density at radius 1 is 1.00 bits per heavy atom. The maximum atomic E-state index is 10.7. The number of aliphatic hydroxyl groups excluding tert-OH is 1. The molecule has 0 radical (unpaired) electrons. The molecule has 4 nitrogen and oxygen atoms in total. The average molecular weight is 286 g/mol. The number of benzene rings is 2. The molecule has 21 heavy (non-hydrogen) atoms. The summed E-state index contributed by atoms with van der Waals surface area (Å²) in [4.78, 5) is 0. The monoisotopic (exact) mass is 286 g/mol. The van der Waals surface area contributed by atoms with E-state index >= 15 is 0 Å². The Kier molecular flexibility index (Phi) is 3.82. The van der Waals surface area contributed by atoms with E-state index in [0.717, 1.165) is 11.1 Å². The Hall–Kier alpha value is -2.04. The highest BCUT2D eigenvalue weighted by molar-refractivity contribution is 5.50. The van der Waals surface area contributed by atoms with Crippen molar-refractivity contribution in [1.82, 2.24) is 0 Å². The van der Waals surface area contributed by atoms with Gasteiger partial charge in [-0.25, -0.2) is 0 Å². The van der Waals surface area contributed by atoms with E-state index in [1.807, 2.05) is 36.4 Å². The third kappa shape index (κ3) is 2.48. The summed E-state index contributed by atoms with van der Waals surface area (Å²) in [6, 6.07) is 11.4. The normalized spacial score (nSPS) is 14.6. The van der Waals surface area contributed by atoms with Crippen LogP contribution in [-0.2, 0) is 18.0 Å². The van der Waals surface area contributed by atoms with Crippen LogP contribution in [0.2, 0.25) is 0 Å². The standard InChI is InChI=1S/C17H18O4/c1-19-14-4-3-5-15(20-2)16(14)17(18)11-6-7-12-9-21-10-13(12)8-11/h3-8,17-18H,9-10H2,1-2H3. The number of rotatable bonds is 4. The maximum Gasteiger partial charge on any atom is 0.128 e. The smallest absolute Gasteiger partial charge is 0.128 e. The van der Waals surface area contributed by atoms with Crippen molar-refractivity contribution in [2.75, 3.05) is 14.2 Å². The van der Waals surface area contributed by atoms with Crippen LogP contribution in [0.5, 0.6) is 11.5 Å². The van der Waals surface area contributed by atoms with Gasteiger partial charge in [0, 0.05) is 0 Å². The van der Waals surface area contributed by atoms with Crippen LogP contribution in [0.4, 0.5) is 0 Å². The minimum atomic E-state index is -0.804. The number of fused-ring (bicyclic) bond motifs is 1. The van der Waals surface area contributed by atoms with Gasteiger partial charge in [0.25, 0.3) is 0 Å². The van der Waals surface area contributed by atoms with Crippen LogP contribution in [0.25, 0.3) is 0 Å². The molecule has 0 aliphatic carbocycles. The quantitative estimate of drug-likeness (QED) is 0.939. The van der Waals surface area contributed by atoms with Crippen molar-refractivity contribution >= 4 is 0 Å². The molecule has 0 fully saturated rings. The number of methoxy groups -OCH3 is 2. The first kappa shape index (κ1) is 13.9. The summed E-state index contributed by atoms with van der Waals surface area (Å²) >= 11 is 0. The van der Waals surface area contributed by atoms with E-state index in [9.17, 15) is 5.11 Å². The lowest BCUT2D eigenvalue weighted by atomic mass is 9.96. The molecule has 1 atom stereocenters. The van der Waals surface area contributed by atoms with Gasteiger partial charge in [0.05, 0.1) is 33.0 Å². The highest BCUT2D eigenvalue weighted by Gasteiger charge is 2.22. The number of hydrogen-bond acceptors (Lipinski definition) is 4. The van der Waals surface area contributed by atoms with Gasteiger partial charge < -0.3 is 19.3 Å². The second kappa shape index (κ2) is 5.76. The van der Waals surface area contributed by atoms with Crippen molar-refractivity contribution in [3.8, 4) is 11.5 Å². The first-order chi connectivity index (χ1) is 10.2. The zero-order valence-electron chi connectivity index (χ0n) is 12.1. The van der Waals surface area contributed by atoms with Crippen molar-refractivity contribution < 1.29 is 19.3 Å². The van der Waals surface area contributed by atoms with Gasteiger partial charge in [0.1, 0.15) is 17.6 Å². The molecule has 0 saturated carbocycles. The Balaban J connectivity index is 2.04. The second-order valence-corrected chi connectivity index (χ2v) is 5.00. The van der Waals surface area contributed by atoms with E-state index in [4.69, 9.17) is 14.2 Å². The summed E-state index contributed by atoms with van der Waals surface area (Å²) in [5.74, 6) is 1.22. The third-order valence-electron chi connectivity index (χ3n) is 3.80. The Labute approximate surface area is 123 Å². The fraction of sp³-hybridized carbons (Fsp3) is 0.294. The van der Waals surface area contributed by atoms with Crippen LogP contribution in [-0.4, -0.2) is 19.3 Å². The lowest BCUT2D eigenvalue weighted by Crippen LogP contribution is -2.05. The molecule has 0 saturated heterocycles. The Morgan fingerprint density at radius 3 is 2.33 bits per heavy atom. The van der Waals surface area contributed by atoms with Crippen molar-refractivity contribution in [3.05, 3.63) is 58.7 Å². The van der Waals surface area contributed by atoms with Gasteiger partial charge in [0.15, 0.2) is 0 Å². The summed E-state index contributed by atoms with van der Waals surface area (Å²) in [6.07, 6.45) is -0.804. The van der Waals surface area contributed by atoms with E-state index in [0.29, 0.717) is 30.3 Å². The lowest BCUT2D eigenvalue weighted by molar-refractivity contribution is 0.134. The first-order valence-corrected chi connectivity index (χ1v) is 6.83. The zero-order valence-corrected chi connectivity index (χ0v) is 12.1. The van der Waals surface area contributed by atoms with Crippen molar-refractivity contribution in [2.45, 2.75) is 19.3 Å². The number of aliphatic hydroxyl groups is 1. The first-order valence-electron chi connectivity index (χ1n) is 6.83. The van der Waals surface area contributed by atoms with Crippen molar-refractivity contribution in [3.63, 3.8) is 0 Å². The van der Waals surface area contributed by atoms with E-state index < -0.39 is 6.10 Å². The molecular formula is C17H18O4. The summed E-state index contributed by atoms with van der Waals surface area (Å²) in [6.45, 7) is 1.24. The van der Waals surface area contributed by atoms with Gasteiger partial charge in [-0.15, -0.1) is 0 Å². The maximum absolute atomic E-state index is 10.7. The molecule has 0 amide bonds. The van der Waals surface area contributed by atoms with Crippen LogP contribution in [0.15, 0.2) is 36.4 Å². The molecular weight excluding hydrogens is 268 g/mol. The summed E-state index contributed by atoms with van der Waals surface area (Å²) in [5.41, 5.74) is 3.75. The van der Waals surface area contributed by atoms with Gasteiger partial charge in [-0.05, 0) is 28.8 Å². The summed E-state index contributed by atoms with van der Waals surface area (Å²) in [5, 5.41) is 10.7. The van der Waals surface area contributed by atoms with Crippen LogP contribution in [0.3, 0.4) is 0 Å². The fourth-order valence-electron chi connectivity index (χ4n) is 2.68. The van der Waals surface area contributed by atoms with E-state index in [1.165, 1.54) is 5.56 Å². The van der Waals surface area contributed by atoms with Crippen LogP contribution in [0.1, 0.15) is 28.4 Å². The highest BCUT2D eigenvalue weighted by atomic mass is 16.5. The molecule has 0 bridgehead atoms. The predicted octanol–water partition coefficient (Wildman–Crippen LogP) is 2.82. The molecule has 0 aromatic heterocycles. The van der Waals surface area contributed by atoms with Gasteiger partial charge in [-0.2, -0.15) is 0 Å². The molecule has 4 heteroatoms. The van der Waals surface area contributed by atoms with Crippen LogP contribution in [0, 0.1) is 0 Å². The molecule has 1 aliphatic rings. The Morgan fingerprint density at radius 2 is 1.67 bits per heavy atom. The number of ether oxygens (including phenoxy) is 3. The van der Waals surface area contributed by atoms with Crippen LogP contribution >= 0.6 is 0 Å². The molecule has 1 N–H and O–H groups in total. The molecule has 2 aromatic rings. The van der Waals surface area contributed by atoms with E-state index in [2.05, 4.69) is 0 Å². The molecule has 3 rings (SSSR count).